The molecular weight excluding hydrogens is 346 g/mol. The second-order valence-corrected chi connectivity index (χ2v) is 8.57. The molecule has 0 heterocycles. The summed E-state index contributed by atoms with van der Waals surface area (Å²) in [4.78, 5) is 0.256. The molecule has 0 bridgehead atoms. The third kappa shape index (κ3) is 4.46. The maximum atomic E-state index is 13.4. The van der Waals surface area contributed by atoms with Gasteiger partial charge in [0.1, 0.15) is 10.6 Å². The molecule has 0 aliphatic heterocycles. The van der Waals surface area contributed by atoms with Gasteiger partial charge in [-0.1, -0.05) is 51.1 Å². The van der Waals surface area contributed by atoms with Crippen LogP contribution in [0.2, 0.25) is 0 Å². The minimum absolute atomic E-state index is 0.240. The first-order valence-corrected chi connectivity index (χ1v) is 10.6. The van der Waals surface area contributed by atoms with Crippen LogP contribution in [0.3, 0.4) is 0 Å². The van der Waals surface area contributed by atoms with E-state index in [1.807, 2.05) is 57.2 Å². The predicted octanol–water partition coefficient (Wildman–Crippen LogP) is 4.73. The van der Waals surface area contributed by atoms with Crippen LogP contribution < -0.4 is 4.74 Å². The van der Waals surface area contributed by atoms with Gasteiger partial charge in [-0.25, -0.2) is 8.42 Å². The van der Waals surface area contributed by atoms with Crippen molar-refractivity contribution in [1.82, 2.24) is 4.31 Å². The Bertz CT molecular complexity index is 830. The van der Waals surface area contributed by atoms with Crippen molar-refractivity contribution < 1.29 is 13.2 Å². The SMILES string of the molecule is CCOc1cc(C)c(C(C)C)cc1S(=O)(=O)N(CC)Cc1ccccc1. The zero-order valence-corrected chi connectivity index (χ0v) is 17.1. The Kier molecular flexibility index (Phi) is 6.84. The quantitative estimate of drug-likeness (QED) is 0.670. The maximum Gasteiger partial charge on any atom is 0.247 e. The molecule has 0 amide bonds. The smallest absolute Gasteiger partial charge is 0.247 e. The molecule has 0 saturated heterocycles. The van der Waals surface area contributed by atoms with Crippen LogP contribution in [0.1, 0.15) is 50.3 Å². The summed E-state index contributed by atoms with van der Waals surface area (Å²) in [5.41, 5.74) is 3.04. The van der Waals surface area contributed by atoms with Gasteiger partial charge in [-0.3, -0.25) is 0 Å². The van der Waals surface area contributed by atoms with Crippen molar-refractivity contribution in [2.75, 3.05) is 13.2 Å². The third-order valence-electron chi connectivity index (χ3n) is 4.43. The van der Waals surface area contributed by atoms with E-state index in [0.29, 0.717) is 25.4 Å². The van der Waals surface area contributed by atoms with E-state index >= 15 is 0 Å². The third-order valence-corrected chi connectivity index (χ3v) is 6.37. The highest BCUT2D eigenvalue weighted by Gasteiger charge is 2.28. The van der Waals surface area contributed by atoms with Crippen molar-refractivity contribution in [2.45, 2.75) is 52.0 Å². The van der Waals surface area contributed by atoms with Gasteiger partial charge in [0.25, 0.3) is 0 Å². The molecule has 0 N–H and O–H groups in total. The Hall–Kier alpha value is -1.85. The predicted molar refractivity (Wildman–Crippen MR) is 106 cm³/mol. The summed E-state index contributed by atoms with van der Waals surface area (Å²) in [5.74, 6) is 0.671. The highest BCUT2D eigenvalue weighted by Crippen LogP contribution is 2.33. The van der Waals surface area contributed by atoms with Crippen LogP contribution in [0.5, 0.6) is 5.75 Å². The van der Waals surface area contributed by atoms with Crippen LogP contribution in [-0.4, -0.2) is 25.9 Å². The van der Waals surface area contributed by atoms with E-state index in [2.05, 4.69) is 13.8 Å². The molecule has 0 aliphatic carbocycles. The molecule has 0 aromatic heterocycles. The van der Waals surface area contributed by atoms with Gasteiger partial charge in [0, 0.05) is 13.1 Å². The molecule has 2 aromatic rings. The minimum Gasteiger partial charge on any atom is -0.492 e. The van der Waals surface area contributed by atoms with Crippen LogP contribution in [0.4, 0.5) is 0 Å². The van der Waals surface area contributed by atoms with Crippen molar-refractivity contribution in [3.8, 4) is 5.75 Å². The molecule has 2 rings (SSSR count). The number of aryl methyl sites for hydroxylation is 1. The zero-order chi connectivity index (χ0) is 19.3. The van der Waals surface area contributed by atoms with Crippen molar-refractivity contribution in [3.63, 3.8) is 0 Å². The number of hydrogen-bond acceptors (Lipinski definition) is 3. The fourth-order valence-electron chi connectivity index (χ4n) is 3.06. The molecular formula is C21H29NO3S. The van der Waals surface area contributed by atoms with E-state index in [1.165, 1.54) is 4.31 Å². The largest absolute Gasteiger partial charge is 0.492 e. The Morgan fingerprint density at radius 3 is 2.27 bits per heavy atom. The summed E-state index contributed by atoms with van der Waals surface area (Å²) in [6.45, 7) is 11.0. The summed E-state index contributed by atoms with van der Waals surface area (Å²) in [5, 5.41) is 0. The lowest BCUT2D eigenvalue weighted by Crippen LogP contribution is -2.31. The number of sulfonamides is 1. The van der Waals surface area contributed by atoms with Gasteiger partial charge in [0.05, 0.1) is 6.61 Å². The Labute approximate surface area is 157 Å². The molecule has 0 saturated carbocycles. The van der Waals surface area contributed by atoms with Crippen molar-refractivity contribution in [2.24, 2.45) is 0 Å². The highest BCUT2D eigenvalue weighted by molar-refractivity contribution is 7.89. The second kappa shape index (κ2) is 8.69. The molecule has 2 aromatic carbocycles. The summed E-state index contributed by atoms with van der Waals surface area (Å²) >= 11 is 0. The van der Waals surface area contributed by atoms with Gasteiger partial charge < -0.3 is 4.74 Å². The van der Waals surface area contributed by atoms with E-state index in [4.69, 9.17) is 4.74 Å². The molecule has 5 heteroatoms. The number of ether oxygens (including phenoxy) is 1. The van der Waals surface area contributed by atoms with Gasteiger partial charge in [0.15, 0.2) is 0 Å². The fraction of sp³-hybridized carbons (Fsp3) is 0.429. The maximum absolute atomic E-state index is 13.4. The second-order valence-electron chi connectivity index (χ2n) is 6.66. The Morgan fingerprint density at radius 1 is 1.08 bits per heavy atom. The Morgan fingerprint density at radius 2 is 1.73 bits per heavy atom. The van der Waals surface area contributed by atoms with Gasteiger partial charge in [-0.15, -0.1) is 0 Å². The summed E-state index contributed by atoms with van der Waals surface area (Å²) in [6.07, 6.45) is 0. The summed E-state index contributed by atoms with van der Waals surface area (Å²) in [7, 11) is -3.67. The first kappa shape index (κ1) is 20.5. The topological polar surface area (TPSA) is 46.6 Å². The fourth-order valence-corrected chi connectivity index (χ4v) is 4.65. The van der Waals surface area contributed by atoms with Crippen molar-refractivity contribution >= 4 is 10.0 Å². The molecule has 0 radical (unpaired) electrons. The summed E-state index contributed by atoms with van der Waals surface area (Å²) < 4.78 is 34.0. The number of nitrogens with zero attached hydrogens (tertiary/aromatic N) is 1. The van der Waals surface area contributed by atoms with E-state index in [0.717, 1.165) is 16.7 Å². The van der Waals surface area contributed by atoms with Crippen LogP contribution in [-0.2, 0) is 16.6 Å². The number of benzene rings is 2. The monoisotopic (exact) mass is 375 g/mol. The van der Waals surface area contributed by atoms with Gasteiger partial charge in [-0.2, -0.15) is 4.31 Å². The first-order chi connectivity index (χ1) is 12.3. The minimum atomic E-state index is -3.67. The molecule has 0 unspecified atom stereocenters. The molecule has 4 nitrogen and oxygen atoms in total. The number of rotatable bonds is 8. The molecule has 0 spiro atoms. The van der Waals surface area contributed by atoms with Crippen LogP contribution >= 0.6 is 0 Å². The molecule has 0 atom stereocenters. The molecule has 0 aliphatic rings. The van der Waals surface area contributed by atoms with Gasteiger partial charge in [0.2, 0.25) is 10.0 Å². The van der Waals surface area contributed by atoms with E-state index in [-0.39, 0.29) is 10.8 Å². The lowest BCUT2D eigenvalue weighted by Gasteiger charge is -2.24. The Balaban J connectivity index is 2.52. The number of hydrogen-bond donors (Lipinski definition) is 0. The van der Waals surface area contributed by atoms with Crippen LogP contribution in [0.15, 0.2) is 47.4 Å². The average Bonchev–Trinajstić information content (AvgIpc) is 2.60. The summed E-state index contributed by atoms with van der Waals surface area (Å²) in [6, 6.07) is 13.3. The van der Waals surface area contributed by atoms with Crippen LogP contribution in [0.25, 0.3) is 0 Å². The zero-order valence-electron chi connectivity index (χ0n) is 16.3. The standard InChI is InChI=1S/C21H29NO3S/c1-6-22(15-18-11-9-8-10-12-18)26(23,24)21-14-19(16(3)4)17(5)13-20(21)25-7-2/h8-14,16H,6-7,15H2,1-5H3. The molecule has 142 valence electrons. The average molecular weight is 376 g/mol. The van der Waals surface area contributed by atoms with Crippen LogP contribution in [0, 0.1) is 6.92 Å². The lowest BCUT2D eigenvalue weighted by molar-refractivity contribution is 0.328. The van der Waals surface area contributed by atoms with E-state index in [9.17, 15) is 8.42 Å². The van der Waals surface area contributed by atoms with Crippen molar-refractivity contribution in [3.05, 3.63) is 59.2 Å². The molecule has 0 fully saturated rings. The molecule has 26 heavy (non-hydrogen) atoms. The van der Waals surface area contributed by atoms with Gasteiger partial charge in [-0.05, 0) is 48.6 Å². The van der Waals surface area contributed by atoms with Gasteiger partial charge >= 0.3 is 0 Å². The highest BCUT2D eigenvalue weighted by atomic mass is 32.2. The van der Waals surface area contributed by atoms with Crippen molar-refractivity contribution in [1.29, 1.82) is 0 Å². The first-order valence-electron chi connectivity index (χ1n) is 9.12. The van der Waals surface area contributed by atoms with E-state index in [1.54, 1.807) is 6.07 Å². The van der Waals surface area contributed by atoms with E-state index < -0.39 is 10.0 Å². The normalized spacial score (nSPS) is 12.0. The lowest BCUT2D eigenvalue weighted by atomic mass is 9.98.